The second-order valence-electron chi connectivity index (χ2n) is 9.54. The number of carbonyl (C=O) groups is 3. The molecule has 1 aliphatic rings. The number of anilines is 2. The minimum atomic E-state index is -4.99. The van der Waals surface area contributed by atoms with Crippen LogP contribution in [0.5, 0.6) is 0 Å². The SMILES string of the molecule is C/C=C/C(=O)Cc1c(F)ccc(NC(=O)c2cc(NC(=O)[C@H]3[C@H](c4ccc(F)c(C(F)(F)F)c4)C3(Cl)Cl)ccc2Cl)c1F. The molecule has 0 unspecified atom stereocenters. The Labute approximate surface area is 255 Å². The van der Waals surface area contributed by atoms with Crippen LogP contribution in [0.1, 0.15) is 39.9 Å². The lowest BCUT2D eigenvalue weighted by Gasteiger charge is -2.12. The predicted octanol–water partition coefficient (Wildman–Crippen LogP) is 8.24. The molecule has 0 spiro atoms. The van der Waals surface area contributed by atoms with Gasteiger partial charge in [-0.05, 0) is 61.0 Å². The molecule has 1 aliphatic carbocycles. The molecule has 2 amide bonds. The highest BCUT2D eigenvalue weighted by Crippen LogP contribution is 2.65. The highest BCUT2D eigenvalue weighted by Gasteiger charge is 2.67. The van der Waals surface area contributed by atoms with E-state index < -0.39 is 80.6 Å². The van der Waals surface area contributed by atoms with Crippen molar-refractivity contribution in [1.29, 1.82) is 0 Å². The van der Waals surface area contributed by atoms with E-state index in [1.54, 1.807) is 6.92 Å². The number of alkyl halides is 5. The Morgan fingerprint density at radius 3 is 2.28 bits per heavy atom. The average Bonchev–Trinajstić information content (AvgIpc) is 3.50. The Morgan fingerprint density at radius 2 is 1.63 bits per heavy atom. The molecule has 0 saturated heterocycles. The number of nitrogens with one attached hydrogen (secondary N) is 2. The first-order valence-corrected chi connectivity index (χ1v) is 13.5. The van der Waals surface area contributed by atoms with Crippen molar-refractivity contribution in [3.8, 4) is 0 Å². The predicted molar refractivity (Wildman–Crippen MR) is 150 cm³/mol. The van der Waals surface area contributed by atoms with Gasteiger partial charge in [0.2, 0.25) is 5.91 Å². The molecule has 5 nitrogen and oxygen atoms in total. The van der Waals surface area contributed by atoms with Crippen molar-refractivity contribution in [3.63, 3.8) is 0 Å². The van der Waals surface area contributed by atoms with Gasteiger partial charge in [0.25, 0.3) is 5.91 Å². The molecule has 0 aromatic heterocycles. The first-order chi connectivity index (χ1) is 20.1. The van der Waals surface area contributed by atoms with Crippen molar-refractivity contribution in [2.45, 2.75) is 29.8 Å². The maximum Gasteiger partial charge on any atom is 0.419 e. The maximum atomic E-state index is 15.0. The Hall–Kier alpha value is -3.54. The van der Waals surface area contributed by atoms with Gasteiger partial charge >= 0.3 is 6.18 Å². The van der Waals surface area contributed by atoms with Crippen LogP contribution in [0.15, 0.2) is 60.7 Å². The van der Waals surface area contributed by atoms with Crippen LogP contribution < -0.4 is 10.6 Å². The molecule has 2 atom stereocenters. The zero-order valence-corrected chi connectivity index (χ0v) is 24.0. The number of allylic oxidation sites excluding steroid dienone is 2. The number of amides is 2. The Morgan fingerprint density at radius 1 is 0.953 bits per heavy atom. The van der Waals surface area contributed by atoms with Crippen LogP contribution >= 0.6 is 34.8 Å². The molecule has 43 heavy (non-hydrogen) atoms. The monoisotopic (exact) mass is 662 g/mol. The number of hydrogen-bond donors (Lipinski definition) is 2. The summed E-state index contributed by atoms with van der Waals surface area (Å²) in [6, 6.07) is 7.70. The molecule has 0 radical (unpaired) electrons. The molecule has 226 valence electrons. The third-order valence-corrected chi connectivity index (χ3v) is 7.88. The van der Waals surface area contributed by atoms with Crippen molar-refractivity contribution < 1.29 is 40.7 Å². The first kappa shape index (κ1) is 32.4. The topological polar surface area (TPSA) is 75.3 Å². The molecule has 0 aliphatic heterocycles. The van der Waals surface area contributed by atoms with E-state index >= 15 is 0 Å². The fraction of sp³-hybridized carbons (Fsp3) is 0.207. The molecule has 2 N–H and O–H groups in total. The van der Waals surface area contributed by atoms with Gasteiger partial charge in [0, 0.05) is 23.6 Å². The van der Waals surface area contributed by atoms with Crippen molar-refractivity contribution in [2.24, 2.45) is 5.92 Å². The van der Waals surface area contributed by atoms with Gasteiger partial charge in [-0.1, -0.05) is 23.7 Å². The van der Waals surface area contributed by atoms with E-state index in [4.69, 9.17) is 34.8 Å². The van der Waals surface area contributed by atoms with Crippen molar-refractivity contribution in [2.75, 3.05) is 10.6 Å². The lowest BCUT2D eigenvalue weighted by Crippen LogP contribution is -2.19. The van der Waals surface area contributed by atoms with Crippen LogP contribution in [0, 0.1) is 23.4 Å². The summed E-state index contributed by atoms with van der Waals surface area (Å²) in [6.07, 6.45) is -3.02. The van der Waals surface area contributed by atoms with Gasteiger partial charge in [-0.2, -0.15) is 13.2 Å². The number of ketones is 1. The van der Waals surface area contributed by atoms with Gasteiger partial charge in [-0.15, -0.1) is 23.2 Å². The molecule has 1 saturated carbocycles. The summed E-state index contributed by atoms with van der Waals surface area (Å²) in [7, 11) is 0. The van der Waals surface area contributed by atoms with Crippen LogP contribution in [0.3, 0.4) is 0 Å². The van der Waals surface area contributed by atoms with E-state index in [-0.39, 0.29) is 21.8 Å². The Kier molecular flexibility index (Phi) is 9.20. The van der Waals surface area contributed by atoms with Crippen molar-refractivity contribution >= 4 is 63.8 Å². The highest BCUT2D eigenvalue weighted by atomic mass is 35.5. The number of halogens is 9. The average molecular weight is 664 g/mol. The third kappa shape index (κ3) is 6.84. The second-order valence-corrected chi connectivity index (χ2v) is 11.4. The summed E-state index contributed by atoms with van der Waals surface area (Å²) >= 11 is 18.6. The smallest absolute Gasteiger partial charge is 0.326 e. The second kappa shape index (κ2) is 12.2. The van der Waals surface area contributed by atoms with Crippen LogP contribution in [0.25, 0.3) is 0 Å². The summed E-state index contributed by atoms with van der Waals surface area (Å²) in [4.78, 5) is 37.8. The number of hydrogen-bond acceptors (Lipinski definition) is 3. The lowest BCUT2D eigenvalue weighted by molar-refractivity contribution is -0.140. The summed E-state index contributed by atoms with van der Waals surface area (Å²) in [6.45, 7) is 1.56. The molecule has 3 aromatic rings. The number of carbonyl (C=O) groups excluding carboxylic acids is 3. The van der Waals surface area contributed by atoms with E-state index in [0.717, 1.165) is 30.3 Å². The molecule has 4 rings (SSSR count). The molecule has 1 fully saturated rings. The minimum absolute atomic E-state index is 0.00152. The first-order valence-electron chi connectivity index (χ1n) is 12.3. The van der Waals surface area contributed by atoms with Gasteiger partial charge < -0.3 is 10.6 Å². The maximum absolute atomic E-state index is 15.0. The van der Waals surface area contributed by atoms with E-state index in [0.29, 0.717) is 12.1 Å². The van der Waals surface area contributed by atoms with Gasteiger partial charge in [0.05, 0.1) is 27.8 Å². The van der Waals surface area contributed by atoms with E-state index in [1.165, 1.54) is 18.2 Å². The number of rotatable bonds is 8. The Balaban J connectivity index is 1.53. The van der Waals surface area contributed by atoms with Gasteiger partial charge in [-0.25, -0.2) is 13.2 Å². The summed E-state index contributed by atoms with van der Waals surface area (Å²) in [5.41, 5.74) is -2.88. The van der Waals surface area contributed by atoms with Crippen molar-refractivity contribution in [1.82, 2.24) is 0 Å². The zero-order valence-electron chi connectivity index (χ0n) is 21.8. The zero-order chi connectivity index (χ0) is 31.9. The normalized spacial score (nSPS) is 17.5. The van der Waals surface area contributed by atoms with Gasteiger partial charge in [0.1, 0.15) is 16.0 Å². The summed E-state index contributed by atoms with van der Waals surface area (Å²) < 4.78 is 80.6. The standard InChI is InChI=1S/C29H19Cl3F6N2O3/c1-2-3-15(41)12-17-20(33)8-9-22(25(17)35)40-26(42)16-11-14(5-6-19(16)30)39-27(43)24-23(28(24,31)32)13-4-7-21(34)18(10-13)29(36,37)38/h2-11,23-24H,12H2,1H3,(H,39,43)(H,40,42)/b3-2+/t23-,24+/m0/s1. The molecule has 0 bridgehead atoms. The van der Waals surface area contributed by atoms with Crippen molar-refractivity contribution in [3.05, 3.63) is 105 Å². The Bertz CT molecular complexity index is 1660. The quantitative estimate of drug-likeness (QED) is 0.145. The molecule has 14 heteroatoms. The van der Waals surface area contributed by atoms with Gasteiger partial charge in [0.15, 0.2) is 11.6 Å². The van der Waals surface area contributed by atoms with E-state index in [9.17, 15) is 40.7 Å². The van der Waals surface area contributed by atoms with Crippen LogP contribution in [0.4, 0.5) is 37.7 Å². The van der Waals surface area contributed by atoms with E-state index in [2.05, 4.69) is 10.6 Å². The minimum Gasteiger partial charge on any atom is -0.326 e. The summed E-state index contributed by atoms with van der Waals surface area (Å²) in [5, 5.41) is 4.59. The fourth-order valence-corrected chi connectivity index (χ4v) is 5.51. The molecule has 0 heterocycles. The molecular weight excluding hydrogens is 645 g/mol. The largest absolute Gasteiger partial charge is 0.419 e. The lowest BCUT2D eigenvalue weighted by atomic mass is 10.0. The van der Waals surface area contributed by atoms with Crippen LogP contribution in [0.2, 0.25) is 5.02 Å². The number of benzene rings is 3. The van der Waals surface area contributed by atoms with E-state index in [1.807, 2.05) is 0 Å². The molecular formula is C29H19Cl3F6N2O3. The highest BCUT2D eigenvalue weighted by molar-refractivity contribution is 6.53. The third-order valence-electron chi connectivity index (χ3n) is 6.61. The molecule has 3 aromatic carbocycles. The van der Waals surface area contributed by atoms with Gasteiger partial charge in [-0.3, -0.25) is 14.4 Å². The van der Waals surface area contributed by atoms with Crippen LogP contribution in [-0.4, -0.2) is 21.9 Å². The van der Waals surface area contributed by atoms with Crippen LogP contribution in [-0.2, 0) is 22.2 Å². The summed E-state index contributed by atoms with van der Waals surface area (Å²) in [5.74, 6) is -8.33. The fourth-order valence-electron chi connectivity index (χ4n) is 4.48.